The van der Waals surface area contributed by atoms with Crippen molar-refractivity contribution in [2.75, 3.05) is 6.54 Å². The van der Waals surface area contributed by atoms with Crippen LogP contribution in [0.5, 0.6) is 0 Å². The Bertz CT molecular complexity index is 951. The molecule has 0 unspecified atom stereocenters. The molecule has 0 bridgehead atoms. The van der Waals surface area contributed by atoms with E-state index in [0.717, 1.165) is 12.0 Å². The normalized spacial score (nSPS) is 13.5. The van der Waals surface area contributed by atoms with Crippen molar-refractivity contribution in [3.8, 4) is 5.69 Å². The van der Waals surface area contributed by atoms with E-state index in [-0.39, 0.29) is 17.3 Å². The molecule has 3 aromatic rings. The molecule has 8 nitrogen and oxygen atoms in total. The number of hydrogen-bond acceptors (Lipinski definition) is 6. The second kappa shape index (κ2) is 6.10. The third-order valence-corrected chi connectivity index (χ3v) is 5.20. The van der Waals surface area contributed by atoms with Crippen molar-refractivity contribution in [1.29, 1.82) is 0 Å². The maximum Gasteiger partial charge on any atom is 0.295 e. The van der Waals surface area contributed by atoms with Crippen LogP contribution in [0.2, 0.25) is 0 Å². The van der Waals surface area contributed by atoms with Crippen molar-refractivity contribution in [3.63, 3.8) is 0 Å². The SMILES string of the molecule is O=C(c1ccc(-n2cncn2)c([N+](=O)[O-])c1)N1CCc2sccc2C1. The van der Waals surface area contributed by atoms with Gasteiger partial charge < -0.3 is 4.90 Å². The summed E-state index contributed by atoms with van der Waals surface area (Å²) in [5.41, 5.74) is 1.55. The fraction of sp³-hybridized carbons (Fsp3) is 0.188. The molecule has 0 fully saturated rings. The van der Waals surface area contributed by atoms with Gasteiger partial charge in [0.05, 0.1) is 4.92 Å². The molecule has 0 saturated carbocycles. The fourth-order valence-electron chi connectivity index (χ4n) is 2.93. The summed E-state index contributed by atoms with van der Waals surface area (Å²) < 4.78 is 1.31. The lowest BCUT2D eigenvalue weighted by molar-refractivity contribution is -0.384. The summed E-state index contributed by atoms with van der Waals surface area (Å²) in [6.45, 7) is 1.15. The van der Waals surface area contributed by atoms with Gasteiger partial charge in [0.2, 0.25) is 0 Å². The Kier molecular flexibility index (Phi) is 3.77. The van der Waals surface area contributed by atoms with Gasteiger partial charge in [0.1, 0.15) is 18.3 Å². The smallest absolute Gasteiger partial charge is 0.295 e. The largest absolute Gasteiger partial charge is 0.334 e. The molecule has 9 heteroatoms. The monoisotopic (exact) mass is 355 g/mol. The van der Waals surface area contributed by atoms with Crippen LogP contribution in [0.4, 0.5) is 5.69 Å². The van der Waals surface area contributed by atoms with Crippen LogP contribution in [0.15, 0.2) is 42.3 Å². The van der Waals surface area contributed by atoms with Crippen LogP contribution >= 0.6 is 11.3 Å². The van der Waals surface area contributed by atoms with E-state index < -0.39 is 4.92 Å². The second-order valence-electron chi connectivity index (χ2n) is 5.65. The van der Waals surface area contributed by atoms with Gasteiger partial charge in [-0.1, -0.05) is 0 Å². The molecule has 0 spiro atoms. The molecule has 0 aliphatic carbocycles. The Hall–Kier alpha value is -3.07. The van der Waals surface area contributed by atoms with Crippen LogP contribution in [-0.2, 0) is 13.0 Å². The number of carbonyl (C=O) groups excluding carboxylic acids is 1. The first-order chi connectivity index (χ1) is 12.1. The lowest BCUT2D eigenvalue weighted by atomic mass is 10.1. The molecule has 0 atom stereocenters. The molecule has 0 saturated heterocycles. The zero-order chi connectivity index (χ0) is 17.4. The molecule has 25 heavy (non-hydrogen) atoms. The molecule has 1 aliphatic heterocycles. The fourth-order valence-corrected chi connectivity index (χ4v) is 3.82. The highest BCUT2D eigenvalue weighted by Crippen LogP contribution is 2.27. The quantitative estimate of drug-likeness (QED) is 0.531. The molecule has 0 radical (unpaired) electrons. The number of thiophene rings is 1. The standard InChI is InChI=1S/C16H13N5O3S/c22-16(19-5-3-15-12(8-19)4-6-25-15)11-1-2-13(14(7-11)21(23)24)20-10-17-9-18-20/h1-2,4,6-7,9-10H,3,5,8H2. The maximum atomic E-state index is 12.8. The number of nitro benzene ring substituents is 1. The van der Waals surface area contributed by atoms with Gasteiger partial charge in [-0.25, -0.2) is 9.67 Å². The number of benzene rings is 1. The van der Waals surface area contributed by atoms with E-state index in [9.17, 15) is 14.9 Å². The minimum atomic E-state index is -0.513. The molecule has 1 aromatic carbocycles. The van der Waals surface area contributed by atoms with Gasteiger partial charge in [-0.15, -0.1) is 11.3 Å². The first kappa shape index (κ1) is 15.5. The summed E-state index contributed by atoms with van der Waals surface area (Å²) in [6, 6.07) is 6.45. The molecule has 2 aromatic heterocycles. The second-order valence-corrected chi connectivity index (χ2v) is 6.65. The summed E-state index contributed by atoms with van der Waals surface area (Å²) in [5, 5.41) is 17.4. The van der Waals surface area contributed by atoms with Crippen molar-refractivity contribution in [2.24, 2.45) is 0 Å². The first-order valence-electron chi connectivity index (χ1n) is 7.61. The minimum Gasteiger partial charge on any atom is -0.334 e. The highest BCUT2D eigenvalue weighted by atomic mass is 32.1. The van der Waals surface area contributed by atoms with Gasteiger partial charge in [0.15, 0.2) is 0 Å². The molecule has 126 valence electrons. The van der Waals surface area contributed by atoms with Crippen LogP contribution in [0, 0.1) is 10.1 Å². The molecule has 1 amide bonds. The van der Waals surface area contributed by atoms with Gasteiger partial charge in [-0.2, -0.15) is 5.10 Å². The van der Waals surface area contributed by atoms with Gasteiger partial charge >= 0.3 is 0 Å². The average Bonchev–Trinajstić information content (AvgIpc) is 3.31. The van der Waals surface area contributed by atoms with E-state index in [1.165, 1.54) is 34.3 Å². The van der Waals surface area contributed by atoms with Crippen molar-refractivity contribution >= 4 is 22.9 Å². The zero-order valence-electron chi connectivity index (χ0n) is 13.0. The predicted molar refractivity (Wildman–Crippen MR) is 90.8 cm³/mol. The van der Waals surface area contributed by atoms with Crippen LogP contribution < -0.4 is 0 Å². The Labute approximate surface area is 146 Å². The van der Waals surface area contributed by atoms with E-state index in [1.54, 1.807) is 22.3 Å². The number of amides is 1. The minimum absolute atomic E-state index is 0.176. The Balaban J connectivity index is 1.66. The summed E-state index contributed by atoms with van der Waals surface area (Å²) in [7, 11) is 0. The summed E-state index contributed by atoms with van der Waals surface area (Å²) in [5.74, 6) is -0.204. The van der Waals surface area contributed by atoms with Gasteiger partial charge in [0.25, 0.3) is 11.6 Å². The van der Waals surface area contributed by atoms with Crippen molar-refractivity contribution in [2.45, 2.75) is 13.0 Å². The highest BCUT2D eigenvalue weighted by molar-refractivity contribution is 7.10. The van der Waals surface area contributed by atoms with Crippen LogP contribution in [0.25, 0.3) is 5.69 Å². The van der Waals surface area contributed by atoms with Crippen LogP contribution in [0.1, 0.15) is 20.8 Å². The number of nitrogens with zero attached hydrogens (tertiary/aromatic N) is 5. The van der Waals surface area contributed by atoms with Gasteiger partial charge in [0, 0.05) is 29.6 Å². The number of fused-ring (bicyclic) bond motifs is 1. The van der Waals surface area contributed by atoms with E-state index in [1.807, 2.05) is 11.4 Å². The molecule has 1 aliphatic rings. The lowest BCUT2D eigenvalue weighted by Crippen LogP contribution is -2.35. The summed E-state index contributed by atoms with van der Waals surface area (Å²) in [4.78, 5) is 30.5. The van der Waals surface area contributed by atoms with Crippen molar-refractivity contribution in [1.82, 2.24) is 19.7 Å². The average molecular weight is 355 g/mol. The molecular formula is C16H13N5O3S. The number of nitro groups is 1. The Morgan fingerprint density at radius 1 is 1.32 bits per heavy atom. The number of rotatable bonds is 3. The Morgan fingerprint density at radius 2 is 2.20 bits per heavy atom. The number of carbonyl (C=O) groups is 1. The topological polar surface area (TPSA) is 94.2 Å². The highest BCUT2D eigenvalue weighted by Gasteiger charge is 2.25. The molecule has 4 rings (SSSR count). The summed E-state index contributed by atoms with van der Waals surface area (Å²) >= 11 is 1.70. The van der Waals surface area contributed by atoms with Crippen LogP contribution in [-0.4, -0.2) is 37.0 Å². The number of aromatic nitrogens is 3. The third-order valence-electron chi connectivity index (χ3n) is 4.18. The molecule has 3 heterocycles. The Morgan fingerprint density at radius 3 is 2.96 bits per heavy atom. The summed E-state index contributed by atoms with van der Waals surface area (Å²) in [6.07, 6.45) is 3.50. The van der Waals surface area contributed by atoms with Gasteiger partial charge in [-0.3, -0.25) is 14.9 Å². The first-order valence-corrected chi connectivity index (χ1v) is 8.49. The van der Waals surface area contributed by atoms with E-state index >= 15 is 0 Å². The maximum absolute atomic E-state index is 12.8. The van der Waals surface area contributed by atoms with E-state index in [2.05, 4.69) is 10.1 Å². The third kappa shape index (κ3) is 2.78. The molecular weight excluding hydrogens is 342 g/mol. The lowest BCUT2D eigenvalue weighted by Gasteiger charge is -2.27. The van der Waals surface area contributed by atoms with Crippen molar-refractivity contribution in [3.05, 3.63) is 68.4 Å². The molecule has 0 N–H and O–H groups in total. The van der Waals surface area contributed by atoms with Gasteiger partial charge in [-0.05, 0) is 35.6 Å². The van der Waals surface area contributed by atoms with Crippen molar-refractivity contribution < 1.29 is 9.72 Å². The van der Waals surface area contributed by atoms with E-state index in [4.69, 9.17) is 0 Å². The zero-order valence-corrected chi connectivity index (χ0v) is 13.8. The predicted octanol–water partition coefficient (Wildman–Crippen LogP) is 2.44. The van der Waals surface area contributed by atoms with E-state index in [0.29, 0.717) is 18.7 Å². The van der Waals surface area contributed by atoms with Crippen LogP contribution in [0.3, 0.4) is 0 Å². The number of hydrogen-bond donors (Lipinski definition) is 0.